The molecule has 1 aromatic heterocycles. The number of carbonyl (C=O) groups excluding carboxylic acids is 1. The van der Waals surface area contributed by atoms with Gasteiger partial charge in [-0.25, -0.2) is 0 Å². The van der Waals surface area contributed by atoms with E-state index in [9.17, 15) is 9.90 Å². The largest absolute Gasteiger partial charge is 0.444 e. The molecule has 0 aliphatic rings. The van der Waals surface area contributed by atoms with Crippen molar-refractivity contribution < 1.29 is 14.3 Å². The molecular formula is C16H18BrNO3. The number of amides is 1. The summed E-state index contributed by atoms with van der Waals surface area (Å²) in [5.41, 5.74) is 0.203. The molecule has 0 fully saturated rings. The van der Waals surface area contributed by atoms with Gasteiger partial charge in [-0.05, 0) is 53.4 Å². The highest BCUT2D eigenvalue weighted by Crippen LogP contribution is 2.15. The summed E-state index contributed by atoms with van der Waals surface area (Å²) in [4.78, 5) is 11.8. The van der Waals surface area contributed by atoms with E-state index in [-0.39, 0.29) is 18.2 Å². The van der Waals surface area contributed by atoms with Crippen molar-refractivity contribution in [2.75, 3.05) is 6.54 Å². The van der Waals surface area contributed by atoms with Gasteiger partial charge in [0.15, 0.2) is 10.4 Å². The van der Waals surface area contributed by atoms with Crippen LogP contribution in [0.3, 0.4) is 0 Å². The zero-order valence-electron chi connectivity index (χ0n) is 11.8. The first-order chi connectivity index (χ1) is 9.96. The molecule has 1 heterocycles. The molecule has 1 aromatic carbocycles. The van der Waals surface area contributed by atoms with Crippen molar-refractivity contribution in [1.82, 2.24) is 5.32 Å². The number of nitrogens with one attached hydrogen (secondary N) is 1. The molecular weight excluding hydrogens is 334 g/mol. The molecule has 0 saturated carbocycles. The molecule has 112 valence electrons. The average Bonchev–Trinajstić information content (AvgIpc) is 2.91. The predicted octanol–water partition coefficient (Wildman–Crippen LogP) is 3.16. The quantitative estimate of drug-likeness (QED) is 0.840. The summed E-state index contributed by atoms with van der Waals surface area (Å²) < 4.78 is 5.67. The van der Waals surface area contributed by atoms with Crippen LogP contribution in [0.2, 0.25) is 0 Å². The smallest absolute Gasteiger partial charge is 0.287 e. The minimum absolute atomic E-state index is 0.178. The van der Waals surface area contributed by atoms with Gasteiger partial charge in [0.2, 0.25) is 0 Å². The summed E-state index contributed by atoms with van der Waals surface area (Å²) in [5.74, 6) is -0.110. The van der Waals surface area contributed by atoms with E-state index in [1.54, 1.807) is 19.1 Å². The predicted molar refractivity (Wildman–Crippen MR) is 84.1 cm³/mol. The lowest BCUT2D eigenvalue weighted by atomic mass is 9.97. The van der Waals surface area contributed by atoms with Gasteiger partial charge in [-0.1, -0.05) is 30.3 Å². The first kappa shape index (κ1) is 15.8. The minimum Gasteiger partial charge on any atom is -0.444 e. The molecule has 5 heteroatoms. The maximum Gasteiger partial charge on any atom is 0.287 e. The van der Waals surface area contributed by atoms with Gasteiger partial charge in [-0.2, -0.15) is 0 Å². The molecule has 2 N–H and O–H groups in total. The van der Waals surface area contributed by atoms with Crippen molar-refractivity contribution in [2.45, 2.75) is 25.4 Å². The fourth-order valence-electron chi connectivity index (χ4n) is 1.94. The summed E-state index contributed by atoms with van der Waals surface area (Å²) in [5, 5.41) is 13.0. The molecule has 0 aliphatic carbocycles. The van der Waals surface area contributed by atoms with E-state index in [1.165, 1.54) is 5.56 Å². The van der Waals surface area contributed by atoms with Gasteiger partial charge in [0, 0.05) is 6.54 Å². The van der Waals surface area contributed by atoms with Crippen molar-refractivity contribution >= 4 is 21.8 Å². The van der Waals surface area contributed by atoms with Crippen molar-refractivity contribution in [1.29, 1.82) is 0 Å². The van der Waals surface area contributed by atoms with E-state index in [0.29, 0.717) is 11.1 Å². The van der Waals surface area contributed by atoms with E-state index in [1.807, 2.05) is 30.3 Å². The van der Waals surface area contributed by atoms with Gasteiger partial charge in [-0.3, -0.25) is 4.79 Å². The maximum atomic E-state index is 11.8. The van der Waals surface area contributed by atoms with Crippen LogP contribution in [-0.2, 0) is 6.42 Å². The first-order valence-electron chi connectivity index (χ1n) is 6.76. The Kier molecular flexibility index (Phi) is 5.20. The highest BCUT2D eigenvalue weighted by molar-refractivity contribution is 9.10. The first-order valence-corrected chi connectivity index (χ1v) is 7.55. The van der Waals surface area contributed by atoms with Gasteiger partial charge >= 0.3 is 0 Å². The second-order valence-electron chi connectivity index (χ2n) is 5.27. The highest BCUT2D eigenvalue weighted by Gasteiger charge is 2.22. The number of aryl methyl sites for hydroxylation is 1. The Morgan fingerprint density at radius 2 is 2.00 bits per heavy atom. The van der Waals surface area contributed by atoms with Crippen LogP contribution in [0.5, 0.6) is 0 Å². The third-order valence-electron chi connectivity index (χ3n) is 3.22. The zero-order valence-corrected chi connectivity index (χ0v) is 13.4. The Hall–Kier alpha value is -1.59. The molecule has 0 bridgehead atoms. The van der Waals surface area contributed by atoms with Crippen molar-refractivity contribution in [3.8, 4) is 0 Å². The second-order valence-corrected chi connectivity index (χ2v) is 6.05. The summed E-state index contributed by atoms with van der Waals surface area (Å²) in [7, 11) is 0. The molecule has 4 nitrogen and oxygen atoms in total. The minimum atomic E-state index is -0.963. The van der Waals surface area contributed by atoms with Gasteiger partial charge in [0.25, 0.3) is 5.91 Å². The van der Waals surface area contributed by atoms with E-state index in [4.69, 9.17) is 4.42 Å². The standard InChI is InChI=1S/C16H18BrNO3/c1-16(20,10-9-12-5-3-2-4-6-12)11-18-15(19)13-7-8-14(17)21-13/h2-8,20H,9-11H2,1H3,(H,18,19). The Bertz CT molecular complexity index is 593. The van der Waals surface area contributed by atoms with E-state index >= 15 is 0 Å². The fraction of sp³-hybridized carbons (Fsp3) is 0.312. The average molecular weight is 352 g/mol. The number of furan rings is 1. The van der Waals surface area contributed by atoms with Crippen LogP contribution >= 0.6 is 15.9 Å². The van der Waals surface area contributed by atoms with Crippen LogP contribution in [0.4, 0.5) is 0 Å². The van der Waals surface area contributed by atoms with E-state index in [0.717, 1.165) is 6.42 Å². The van der Waals surface area contributed by atoms with Crippen LogP contribution in [0.15, 0.2) is 51.6 Å². The van der Waals surface area contributed by atoms with Gasteiger partial charge in [-0.15, -0.1) is 0 Å². The van der Waals surface area contributed by atoms with E-state index < -0.39 is 5.60 Å². The molecule has 0 radical (unpaired) electrons. The zero-order chi connectivity index (χ0) is 15.3. The lowest BCUT2D eigenvalue weighted by Crippen LogP contribution is -2.40. The summed E-state index contributed by atoms with van der Waals surface area (Å²) in [6.07, 6.45) is 1.33. The topological polar surface area (TPSA) is 62.5 Å². The van der Waals surface area contributed by atoms with Gasteiger partial charge in [0.1, 0.15) is 0 Å². The number of hydrogen-bond acceptors (Lipinski definition) is 3. The number of rotatable bonds is 6. The molecule has 21 heavy (non-hydrogen) atoms. The summed E-state index contributed by atoms with van der Waals surface area (Å²) in [6, 6.07) is 13.2. The molecule has 1 amide bonds. The molecule has 0 spiro atoms. The Morgan fingerprint density at radius 3 is 2.62 bits per heavy atom. The van der Waals surface area contributed by atoms with Gasteiger partial charge < -0.3 is 14.8 Å². The fourth-order valence-corrected chi connectivity index (χ4v) is 2.25. The third-order valence-corrected chi connectivity index (χ3v) is 3.65. The molecule has 1 atom stereocenters. The molecule has 2 aromatic rings. The van der Waals surface area contributed by atoms with Crippen molar-refractivity contribution in [3.63, 3.8) is 0 Å². The number of aliphatic hydroxyl groups is 1. The highest BCUT2D eigenvalue weighted by atomic mass is 79.9. The number of hydrogen-bond donors (Lipinski definition) is 2. The molecule has 2 rings (SSSR count). The van der Waals surface area contributed by atoms with E-state index in [2.05, 4.69) is 21.2 Å². The maximum absolute atomic E-state index is 11.8. The normalized spacial score (nSPS) is 13.7. The third kappa shape index (κ3) is 5.02. The Balaban J connectivity index is 1.82. The number of halogens is 1. The van der Waals surface area contributed by atoms with Crippen molar-refractivity contribution in [2.24, 2.45) is 0 Å². The number of carbonyl (C=O) groups is 1. The SMILES string of the molecule is CC(O)(CCc1ccccc1)CNC(=O)c1ccc(Br)o1. The van der Waals surface area contributed by atoms with Crippen LogP contribution in [0, 0.1) is 0 Å². The lowest BCUT2D eigenvalue weighted by Gasteiger charge is -2.23. The number of benzene rings is 1. The lowest BCUT2D eigenvalue weighted by molar-refractivity contribution is 0.0472. The second kappa shape index (κ2) is 6.91. The Labute approximate surface area is 132 Å². The van der Waals surface area contributed by atoms with Crippen LogP contribution in [0.1, 0.15) is 29.5 Å². The van der Waals surface area contributed by atoms with Crippen LogP contribution in [-0.4, -0.2) is 23.2 Å². The molecule has 1 unspecified atom stereocenters. The summed E-state index contributed by atoms with van der Waals surface area (Å²) in [6.45, 7) is 1.89. The molecule has 0 saturated heterocycles. The van der Waals surface area contributed by atoms with Crippen LogP contribution < -0.4 is 5.32 Å². The van der Waals surface area contributed by atoms with Crippen LogP contribution in [0.25, 0.3) is 0 Å². The van der Waals surface area contributed by atoms with Gasteiger partial charge in [0.05, 0.1) is 5.60 Å². The Morgan fingerprint density at radius 1 is 1.29 bits per heavy atom. The molecule has 0 aliphatic heterocycles. The monoisotopic (exact) mass is 351 g/mol. The summed E-state index contributed by atoms with van der Waals surface area (Å²) >= 11 is 3.15. The van der Waals surface area contributed by atoms with Crippen molar-refractivity contribution in [3.05, 3.63) is 58.5 Å².